The number of benzene rings is 2. The lowest BCUT2D eigenvalue weighted by atomic mass is 9.76. The zero-order valence-electron chi connectivity index (χ0n) is 20.6. The monoisotopic (exact) mass is 466 g/mol. The van der Waals surface area contributed by atoms with E-state index in [1.165, 1.54) is 11.1 Å². The van der Waals surface area contributed by atoms with E-state index in [9.17, 15) is 9.59 Å². The fraction of sp³-hybridized carbons (Fsp3) is 0.481. The average Bonchev–Trinajstić information content (AvgIpc) is 2.98. The van der Waals surface area contributed by atoms with Crippen LogP contribution in [-0.4, -0.2) is 76.5 Å². The zero-order valence-corrected chi connectivity index (χ0v) is 20.6. The summed E-state index contributed by atoms with van der Waals surface area (Å²) < 4.78 is 16.1. The quantitative estimate of drug-likeness (QED) is 0.501. The second-order valence-corrected chi connectivity index (χ2v) is 9.21. The summed E-state index contributed by atoms with van der Waals surface area (Å²) in [6.07, 6.45) is 4.00. The Bertz CT molecular complexity index is 1070. The van der Waals surface area contributed by atoms with Gasteiger partial charge < -0.3 is 24.0 Å². The predicted octanol–water partition coefficient (Wildman–Crippen LogP) is 3.11. The molecule has 0 saturated heterocycles. The van der Waals surface area contributed by atoms with Crippen molar-refractivity contribution in [3.8, 4) is 17.2 Å². The summed E-state index contributed by atoms with van der Waals surface area (Å²) in [4.78, 5) is 28.5. The summed E-state index contributed by atoms with van der Waals surface area (Å²) >= 11 is 0. The van der Waals surface area contributed by atoms with Gasteiger partial charge in [-0.2, -0.15) is 0 Å². The van der Waals surface area contributed by atoms with Gasteiger partial charge in [-0.25, -0.2) is 0 Å². The first-order chi connectivity index (χ1) is 16.5. The molecule has 0 aromatic heterocycles. The van der Waals surface area contributed by atoms with Crippen molar-refractivity contribution < 1.29 is 23.8 Å². The predicted molar refractivity (Wildman–Crippen MR) is 130 cm³/mol. The van der Waals surface area contributed by atoms with Crippen LogP contribution in [0.2, 0.25) is 0 Å². The van der Waals surface area contributed by atoms with Gasteiger partial charge in [0.1, 0.15) is 5.75 Å². The van der Waals surface area contributed by atoms with Crippen LogP contribution in [0, 0.1) is 0 Å². The highest BCUT2D eigenvalue weighted by molar-refractivity contribution is 5.81. The minimum absolute atomic E-state index is 0.164. The second-order valence-electron chi connectivity index (χ2n) is 9.21. The summed E-state index contributed by atoms with van der Waals surface area (Å²) in [6.45, 7) is 3.33. The molecule has 0 fully saturated rings. The molecular weight excluding hydrogens is 432 g/mol. The number of rotatable bonds is 10. The normalized spacial score (nSPS) is 16.9. The molecule has 34 heavy (non-hydrogen) atoms. The summed E-state index contributed by atoms with van der Waals surface area (Å²) in [7, 11) is 6.97. The minimum atomic E-state index is 0.164. The molecule has 7 nitrogen and oxygen atoms in total. The summed E-state index contributed by atoms with van der Waals surface area (Å²) in [5.41, 5.74) is 5.31. The molecule has 0 bridgehead atoms. The number of hydrogen-bond acceptors (Lipinski definition) is 6. The number of fused-ring (bicyclic) bond motifs is 2. The molecule has 2 aromatic rings. The smallest absolute Gasteiger partial charge is 0.227 e. The Morgan fingerprint density at radius 3 is 2.35 bits per heavy atom. The highest BCUT2D eigenvalue weighted by atomic mass is 16.5. The molecule has 0 radical (unpaired) electrons. The van der Waals surface area contributed by atoms with E-state index >= 15 is 0 Å². The lowest BCUT2D eigenvalue weighted by Gasteiger charge is -2.34. The van der Waals surface area contributed by atoms with Gasteiger partial charge in [0, 0.05) is 25.6 Å². The molecule has 4 rings (SSSR count). The SMILES string of the molecule is COc1cc2c(cc1C=O)[C@@H](CN(C)CCCN1CCc3cc(OC)c(OC)cc3CC1=O)C2. The number of hydrogen-bond donors (Lipinski definition) is 0. The van der Waals surface area contributed by atoms with Gasteiger partial charge in [0.25, 0.3) is 0 Å². The summed E-state index contributed by atoms with van der Waals surface area (Å²) in [6, 6.07) is 7.90. The molecule has 0 unspecified atom stereocenters. The van der Waals surface area contributed by atoms with Gasteiger partial charge >= 0.3 is 0 Å². The highest BCUT2D eigenvalue weighted by Crippen LogP contribution is 2.39. The Morgan fingerprint density at radius 1 is 1.00 bits per heavy atom. The van der Waals surface area contributed by atoms with Gasteiger partial charge in [0.15, 0.2) is 17.8 Å². The average molecular weight is 467 g/mol. The standard InChI is InChI=1S/C27H34N2O5/c1-28(16-21-10-20-14-24(32-2)22(17-30)11-23(20)21)7-5-8-29-9-6-18-12-25(33-3)26(34-4)13-19(18)15-27(29)31/h11-14,17,21H,5-10,15-16H2,1-4H3/t21-/m1/s1. The molecule has 1 aliphatic heterocycles. The van der Waals surface area contributed by atoms with Crippen LogP contribution in [0.5, 0.6) is 17.2 Å². The van der Waals surface area contributed by atoms with Gasteiger partial charge in [-0.3, -0.25) is 9.59 Å². The molecule has 1 heterocycles. The number of amides is 1. The van der Waals surface area contributed by atoms with Crippen LogP contribution in [0.25, 0.3) is 0 Å². The maximum absolute atomic E-state index is 12.9. The Morgan fingerprint density at radius 2 is 1.68 bits per heavy atom. The van der Waals surface area contributed by atoms with Gasteiger partial charge in [-0.05, 0) is 79.4 Å². The van der Waals surface area contributed by atoms with E-state index in [1.807, 2.05) is 29.2 Å². The lowest BCUT2D eigenvalue weighted by molar-refractivity contribution is -0.130. The van der Waals surface area contributed by atoms with E-state index in [2.05, 4.69) is 11.9 Å². The Kier molecular flexibility index (Phi) is 7.41. The molecule has 0 N–H and O–H groups in total. The topological polar surface area (TPSA) is 68.3 Å². The van der Waals surface area contributed by atoms with Crippen molar-refractivity contribution in [3.63, 3.8) is 0 Å². The first kappa shape index (κ1) is 24.1. The van der Waals surface area contributed by atoms with Gasteiger partial charge in [-0.15, -0.1) is 0 Å². The van der Waals surface area contributed by atoms with Crippen molar-refractivity contribution in [1.82, 2.24) is 9.80 Å². The van der Waals surface area contributed by atoms with Crippen molar-refractivity contribution in [1.29, 1.82) is 0 Å². The van der Waals surface area contributed by atoms with Gasteiger partial charge in [0.05, 0.1) is 33.3 Å². The van der Waals surface area contributed by atoms with E-state index in [0.717, 1.165) is 62.9 Å². The third-order valence-electron chi connectivity index (χ3n) is 7.08. The number of likely N-dealkylation sites (N-methyl/N-ethyl adjacent to an activating group) is 1. The molecule has 7 heteroatoms. The third-order valence-corrected chi connectivity index (χ3v) is 7.08. The molecule has 182 valence electrons. The molecule has 2 aromatic carbocycles. The largest absolute Gasteiger partial charge is 0.496 e. The number of carbonyl (C=O) groups is 2. The first-order valence-corrected chi connectivity index (χ1v) is 11.8. The van der Waals surface area contributed by atoms with Crippen molar-refractivity contribution in [3.05, 3.63) is 52.1 Å². The van der Waals surface area contributed by atoms with Crippen molar-refractivity contribution in [2.75, 3.05) is 54.6 Å². The second kappa shape index (κ2) is 10.5. The lowest BCUT2D eigenvalue weighted by Crippen LogP contribution is -2.36. The van der Waals surface area contributed by atoms with Crippen LogP contribution in [-0.2, 0) is 24.1 Å². The van der Waals surface area contributed by atoms with E-state index in [4.69, 9.17) is 14.2 Å². The van der Waals surface area contributed by atoms with E-state index in [-0.39, 0.29) is 5.91 Å². The molecule has 0 spiro atoms. The Hall–Kier alpha value is -3.06. The number of carbonyl (C=O) groups excluding carboxylic acids is 2. The molecule has 2 aliphatic rings. The molecule has 0 saturated carbocycles. The fourth-order valence-electron chi connectivity index (χ4n) is 5.14. The third kappa shape index (κ3) is 4.89. The minimum Gasteiger partial charge on any atom is -0.496 e. The van der Waals surface area contributed by atoms with Crippen molar-refractivity contribution in [2.45, 2.75) is 31.6 Å². The molecule has 1 atom stereocenters. The molecule has 1 amide bonds. The maximum atomic E-state index is 12.9. The van der Waals surface area contributed by atoms with E-state index < -0.39 is 0 Å². The zero-order chi connectivity index (χ0) is 24.2. The summed E-state index contributed by atoms with van der Waals surface area (Å²) in [5.74, 6) is 2.63. The first-order valence-electron chi connectivity index (χ1n) is 11.8. The van der Waals surface area contributed by atoms with Crippen LogP contribution in [0.15, 0.2) is 24.3 Å². The Labute approximate surface area is 201 Å². The van der Waals surface area contributed by atoms with Crippen molar-refractivity contribution in [2.24, 2.45) is 0 Å². The number of nitrogens with zero attached hydrogens (tertiary/aromatic N) is 2. The maximum Gasteiger partial charge on any atom is 0.227 e. The van der Waals surface area contributed by atoms with Gasteiger partial charge in [-0.1, -0.05) is 0 Å². The highest BCUT2D eigenvalue weighted by Gasteiger charge is 2.29. The summed E-state index contributed by atoms with van der Waals surface area (Å²) in [5, 5.41) is 0. The molecule has 1 aliphatic carbocycles. The Balaban J connectivity index is 1.28. The van der Waals surface area contributed by atoms with Crippen LogP contribution in [0.4, 0.5) is 0 Å². The van der Waals surface area contributed by atoms with Crippen LogP contribution < -0.4 is 14.2 Å². The number of ether oxygens (including phenoxy) is 3. The molecular formula is C27H34N2O5. The number of aldehydes is 1. The van der Waals surface area contributed by atoms with Crippen LogP contribution in [0.1, 0.15) is 45.0 Å². The van der Waals surface area contributed by atoms with Crippen LogP contribution >= 0.6 is 0 Å². The van der Waals surface area contributed by atoms with E-state index in [1.54, 1.807) is 21.3 Å². The van der Waals surface area contributed by atoms with Crippen molar-refractivity contribution >= 4 is 12.2 Å². The van der Waals surface area contributed by atoms with Crippen LogP contribution in [0.3, 0.4) is 0 Å². The van der Waals surface area contributed by atoms with Gasteiger partial charge in [0.2, 0.25) is 5.91 Å². The fourth-order valence-corrected chi connectivity index (χ4v) is 5.14. The van der Waals surface area contributed by atoms with E-state index in [0.29, 0.717) is 35.2 Å². The number of methoxy groups -OCH3 is 3.